The normalized spacial score (nSPS) is 25.2. The van der Waals surface area contributed by atoms with E-state index >= 15 is 0 Å². The zero-order valence-corrected chi connectivity index (χ0v) is 14.8. The summed E-state index contributed by atoms with van der Waals surface area (Å²) in [7, 11) is 0. The van der Waals surface area contributed by atoms with Crippen LogP contribution in [-0.4, -0.2) is 88.1 Å². The van der Waals surface area contributed by atoms with Crippen molar-refractivity contribution in [2.75, 3.05) is 52.5 Å². The summed E-state index contributed by atoms with van der Waals surface area (Å²) < 4.78 is 7.16. The van der Waals surface area contributed by atoms with E-state index in [2.05, 4.69) is 15.0 Å². The molecule has 140 valence electrons. The van der Waals surface area contributed by atoms with E-state index in [0.717, 1.165) is 52.2 Å². The zero-order valence-electron chi connectivity index (χ0n) is 14.8. The Hall–Kier alpha value is -1.51. The van der Waals surface area contributed by atoms with Crippen molar-refractivity contribution in [1.82, 2.24) is 24.6 Å². The van der Waals surface area contributed by atoms with Crippen LogP contribution in [-0.2, 0) is 16.1 Å². The standard InChI is InChI=1S/C17H29N5O3/c23-12-16-8-15(9-20-4-6-25-7-5-20)10-21(11-16)17(24)2-1-3-22-14-18-13-19-22/h13-16,23H,1-12H2/t15-,16-/m1/s1. The highest BCUT2D eigenvalue weighted by atomic mass is 16.5. The second kappa shape index (κ2) is 9.26. The smallest absolute Gasteiger partial charge is 0.222 e. The molecule has 25 heavy (non-hydrogen) atoms. The van der Waals surface area contributed by atoms with Gasteiger partial charge in [-0.3, -0.25) is 14.4 Å². The Kier molecular flexibility index (Phi) is 6.77. The fourth-order valence-corrected chi connectivity index (χ4v) is 3.83. The number of piperidine rings is 1. The maximum absolute atomic E-state index is 12.6. The van der Waals surface area contributed by atoms with Gasteiger partial charge in [0, 0.05) is 52.3 Å². The molecule has 2 aliphatic rings. The number of carbonyl (C=O) groups is 1. The second-order valence-electron chi connectivity index (χ2n) is 7.12. The predicted octanol–water partition coefficient (Wildman–Crippen LogP) is -0.152. The molecule has 0 aliphatic carbocycles. The van der Waals surface area contributed by atoms with E-state index in [0.29, 0.717) is 25.4 Å². The molecular weight excluding hydrogens is 322 g/mol. The Morgan fingerprint density at radius 1 is 1.24 bits per heavy atom. The summed E-state index contributed by atoms with van der Waals surface area (Å²) in [5.74, 6) is 0.813. The van der Waals surface area contributed by atoms with Gasteiger partial charge in [-0.25, -0.2) is 4.98 Å². The van der Waals surface area contributed by atoms with Crippen LogP contribution in [0.5, 0.6) is 0 Å². The highest BCUT2D eigenvalue weighted by Gasteiger charge is 2.30. The van der Waals surface area contributed by atoms with Crippen LogP contribution in [0.25, 0.3) is 0 Å². The first-order chi connectivity index (χ1) is 12.2. The number of likely N-dealkylation sites (tertiary alicyclic amines) is 1. The number of aryl methyl sites for hydroxylation is 1. The number of amides is 1. The molecule has 0 spiro atoms. The Morgan fingerprint density at radius 2 is 2.04 bits per heavy atom. The molecule has 0 radical (unpaired) electrons. The largest absolute Gasteiger partial charge is 0.396 e. The van der Waals surface area contributed by atoms with Gasteiger partial charge < -0.3 is 14.7 Å². The first-order valence-corrected chi connectivity index (χ1v) is 9.25. The van der Waals surface area contributed by atoms with Gasteiger partial charge >= 0.3 is 0 Å². The van der Waals surface area contributed by atoms with Gasteiger partial charge in [-0.2, -0.15) is 5.10 Å². The molecule has 3 heterocycles. The van der Waals surface area contributed by atoms with Crippen molar-refractivity contribution in [3.8, 4) is 0 Å². The Labute approximate surface area is 148 Å². The van der Waals surface area contributed by atoms with Crippen molar-refractivity contribution in [2.24, 2.45) is 11.8 Å². The maximum Gasteiger partial charge on any atom is 0.222 e. The summed E-state index contributed by atoms with van der Waals surface area (Å²) in [5, 5.41) is 13.7. The summed E-state index contributed by atoms with van der Waals surface area (Å²) in [5.41, 5.74) is 0. The molecule has 0 bridgehead atoms. The number of hydrogen-bond donors (Lipinski definition) is 1. The van der Waals surface area contributed by atoms with Gasteiger partial charge in [0.25, 0.3) is 0 Å². The van der Waals surface area contributed by atoms with Crippen molar-refractivity contribution in [2.45, 2.75) is 25.8 Å². The molecule has 2 atom stereocenters. The van der Waals surface area contributed by atoms with E-state index in [9.17, 15) is 9.90 Å². The Balaban J connectivity index is 1.47. The molecule has 0 aromatic carbocycles. The van der Waals surface area contributed by atoms with Crippen molar-refractivity contribution in [3.63, 3.8) is 0 Å². The van der Waals surface area contributed by atoms with E-state index in [1.807, 2.05) is 4.90 Å². The van der Waals surface area contributed by atoms with Crippen molar-refractivity contribution < 1.29 is 14.6 Å². The van der Waals surface area contributed by atoms with Gasteiger partial charge in [-0.1, -0.05) is 0 Å². The quantitative estimate of drug-likeness (QED) is 0.735. The van der Waals surface area contributed by atoms with Crippen LogP contribution >= 0.6 is 0 Å². The third kappa shape index (κ3) is 5.49. The second-order valence-corrected chi connectivity index (χ2v) is 7.12. The first kappa shape index (κ1) is 18.3. The van der Waals surface area contributed by atoms with Crippen LogP contribution in [0.15, 0.2) is 12.7 Å². The topological polar surface area (TPSA) is 83.7 Å². The predicted molar refractivity (Wildman–Crippen MR) is 91.8 cm³/mol. The molecule has 2 saturated heterocycles. The summed E-state index contributed by atoms with van der Waals surface area (Å²) >= 11 is 0. The fraction of sp³-hybridized carbons (Fsp3) is 0.824. The number of morpholine rings is 1. The lowest BCUT2D eigenvalue weighted by molar-refractivity contribution is -0.135. The van der Waals surface area contributed by atoms with Gasteiger partial charge in [0.1, 0.15) is 12.7 Å². The molecule has 8 heteroatoms. The van der Waals surface area contributed by atoms with Gasteiger partial charge in [-0.05, 0) is 24.7 Å². The summed E-state index contributed by atoms with van der Waals surface area (Å²) in [4.78, 5) is 20.9. The number of ether oxygens (including phenoxy) is 1. The highest BCUT2D eigenvalue weighted by Crippen LogP contribution is 2.24. The fourth-order valence-electron chi connectivity index (χ4n) is 3.83. The van der Waals surface area contributed by atoms with Crippen molar-refractivity contribution in [1.29, 1.82) is 0 Å². The van der Waals surface area contributed by atoms with Crippen molar-refractivity contribution in [3.05, 3.63) is 12.7 Å². The molecule has 0 unspecified atom stereocenters. The lowest BCUT2D eigenvalue weighted by atomic mass is 9.89. The summed E-state index contributed by atoms with van der Waals surface area (Å²) in [6.07, 6.45) is 5.45. The average molecular weight is 351 g/mol. The minimum Gasteiger partial charge on any atom is -0.396 e. The number of rotatable bonds is 7. The van der Waals surface area contributed by atoms with Crippen LogP contribution < -0.4 is 0 Å². The molecule has 1 amide bonds. The van der Waals surface area contributed by atoms with E-state index in [1.54, 1.807) is 11.0 Å². The lowest BCUT2D eigenvalue weighted by Crippen LogP contribution is -2.49. The number of aliphatic hydroxyl groups excluding tert-OH is 1. The number of nitrogens with zero attached hydrogens (tertiary/aromatic N) is 5. The summed E-state index contributed by atoms with van der Waals surface area (Å²) in [6.45, 7) is 6.85. The SMILES string of the molecule is O=C(CCCn1cncn1)N1C[C@H](CO)C[C@H](CN2CCOCC2)C1. The van der Waals surface area contributed by atoms with Gasteiger partial charge in [0.2, 0.25) is 5.91 Å². The van der Waals surface area contributed by atoms with Crippen LogP contribution in [0.4, 0.5) is 0 Å². The number of carbonyl (C=O) groups excluding carboxylic acids is 1. The summed E-state index contributed by atoms with van der Waals surface area (Å²) in [6, 6.07) is 0. The third-order valence-electron chi connectivity index (χ3n) is 5.10. The minimum atomic E-state index is 0.155. The monoisotopic (exact) mass is 351 g/mol. The molecule has 3 rings (SSSR count). The first-order valence-electron chi connectivity index (χ1n) is 9.25. The molecule has 2 aliphatic heterocycles. The number of hydrogen-bond acceptors (Lipinski definition) is 6. The molecule has 1 aromatic heterocycles. The van der Waals surface area contributed by atoms with E-state index in [4.69, 9.17) is 4.74 Å². The number of aromatic nitrogens is 3. The van der Waals surface area contributed by atoms with E-state index < -0.39 is 0 Å². The van der Waals surface area contributed by atoms with Crippen molar-refractivity contribution >= 4 is 5.91 Å². The molecule has 0 saturated carbocycles. The molecular formula is C17H29N5O3. The highest BCUT2D eigenvalue weighted by molar-refractivity contribution is 5.76. The Morgan fingerprint density at radius 3 is 2.76 bits per heavy atom. The van der Waals surface area contributed by atoms with Crippen LogP contribution in [0, 0.1) is 11.8 Å². The molecule has 2 fully saturated rings. The van der Waals surface area contributed by atoms with E-state index in [-0.39, 0.29) is 18.4 Å². The lowest BCUT2D eigenvalue weighted by Gasteiger charge is -2.40. The molecule has 1 aromatic rings. The average Bonchev–Trinajstić information content (AvgIpc) is 3.15. The minimum absolute atomic E-state index is 0.155. The third-order valence-corrected chi connectivity index (χ3v) is 5.10. The maximum atomic E-state index is 12.6. The van der Waals surface area contributed by atoms with Gasteiger partial charge in [-0.15, -0.1) is 0 Å². The molecule has 8 nitrogen and oxygen atoms in total. The zero-order chi connectivity index (χ0) is 17.5. The van der Waals surface area contributed by atoms with Gasteiger partial charge in [0.15, 0.2) is 0 Å². The van der Waals surface area contributed by atoms with E-state index in [1.165, 1.54) is 6.33 Å². The van der Waals surface area contributed by atoms with Gasteiger partial charge in [0.05, 0.1) is 13.2 Å². The van der Waals surface area contributed by atoms with Crippen LogP contribution in [0.2, 0.25) is 0 Å². The Bertz CT molecular complexity index is 518. The van der Waals surface area contributed by atoms with Crippen LogP contribution in [0.3, 0.4) is 0 Å². The molecule has 1 N–H and O–H groups in total. The number of aliphatic hydroxyl groups is 1. The van der Waals surface area contributed by atoms with Crippen LogP contribution in [0.1, 0.15) is 19.3 Å².